The number of benzene rings is 3. The van der Waals surface area contributed by atoms with Gasteiger partial charge in [-0.25, -0.2) is 9.18 Å². The highest BCUT2D eigenvalue weighted by Crippen LogP contribution is 2.23. The van der Waals surface area contributed by atoms with Crippen molar-refractivity contribution in [2.75, 3.05) is 14.2 Å². The summed E-state index contributed by atoms with van der Waals surface area (Å²) in [6.45, 7) is 0.343. The Balaban J connectivity index is 1.60. The van der Waals surface area contributed by atoms with Crippen LogP contribution in [0.2, 0.25) is 0 Å². The lowest BCUT2D eigenvalue weighted by Crippen LogP contribution is -2.11. The Hall–Kier alpha value is -4.39. The molecule has 0 atom stereocenters. The van der Waals surface area contributed by atoms with Crippen LogP contribution in [-0.4, -0.2) is 30.5 Å². The number of carbonyl (C=O) groups is 1. The molecule has 7 heteroatoms. The highest BCUT2D eigenvalue weighted by molar-refractivity contribution is 6.00. The summed E-state index contributed by atoms with van der Waals surface area (Å²) in [5, 5.41) is 4.22. The number of halogens is 1. The normalized spacial score (nSPS) is 11.2. The molecule has 0 N–H and O–H groups in total. The van der Waals surface area contributed by atoms with Crippen molar-refractivity contribution in [1.82, 2.24) is 4.57 Å². The fraction of sp³-hybridized carbons (Fsp3) is 0.143. The van der Waals surface area contributed by atoms with Crippen LogP contribution in [0.4, 0.5) is 4.39 Å². The van der Waals surface area contributed by atoms with Gasteiger partial charge >= 0.3 is 5.97 Å². The second-order valence-electron chi connectivity index (χ2n) is 7.83. The Labute approximate surface area is 203 Å². The molecule has 0 unspecified atom stereocenters. The second kappa shape index (κ2) is 11.2. The predicted octanol–water partition coefficient (Wildman–Crippen LogP) is 5.85. The third-order valence-corrected chi connectivity index (χ3v) is 5.36. The lowest BCUT2D eigenvalue weighted by atomic mass is 10.0. The van der Waals surface area contributed by atoms with Gasteiger partial charge in [0.1, 0.15) is 30.1 Å². The average molecular weight is 473 g/mol. The molecule has 0 radical (unpaired) electrons. The summed E-state index contributed by atoms with van der Waals surface area (Å²) < 4.78 is 26.1. The lowest BCUT2D eigenvalue weighted by Gasteiger charge is -2.10. The van der Waals surface area contributed by atoms with Gasteiger partial charge in [-0.3, -0.25) is 0 Å². The number of carbonyl (C=O) groups excluding carboxylic acids is 1. The first-order chi connectivity index (χ1) is 17.1. The molecule has 0 saturated carbocycles. The van der Waals surface area contributed by atoms with Crippen molar-refractivity contribution in [2.45, 2.75) is 13.0 Å². The molecule has 0 spiro atoms. The molecular formula is C28H25FN2O4. The van der Waals surface area contributed by atoms with Crippen LogP contribution in [0.5, 0.6) is 11.5 Å². The van der Waals surface area contributed by atoms with Crippen molar-refractivity contribution < 1.29 is 23.5 Å². The predicted molar refractivity (Wildman–Crippen MR) is 131 cm³/mol. The minimum Gasteiger partial charge on any atom is -0.465 e. The number of aromatic nitrogens is 1. The molecule has 4 rings (SSSR count). The zero-order valence-electron chi connectivity index (χ0n) is 19.5. The fourth-order valence-electron chi connectivity index (χ4n) is 3.72. The Kier molecular flexibility index (Phi) is 7.57. The molecule has 4 aromatic rings. The van der Waals surface area contributed by atoms with Gasteiger partial charge in [-0.15, -0.1) is 0 Å². The van der Waals surface area contributed by atoms with Gasteiger partial charge in [0.25, 0.3) is 0 Å². The van der Waals surface area contributed by atoms with Crippen molar-refractivity contribution in [3.63, 3.8) is 0 Å². The van der Waals surface area contributed by atoms with E-state index in [4.69, 9.17) is 14.3 Å². The molecule has 0 aliphatic heterocycles. The largest absolute Gasteiger partial charge is 0.465 e. The number of methoxy groups -OCH3 is 1. The van der Waals surface area contributed by atoms with Crippen molar-refractivity contribution in [3.8, 4) is 11.5 Å². The Morgan fingerprint density at radius 3 is 2.37 bits per heavy atom. The van der Waals surface area contributed by atoms with E-state index in [1.54, 1.807) is 18.3 Å². The maximum Gasteiger partial charge on any atom is 0.339 e. The Bertz CT molecular complexity index is 1310. The van der Waals surface area contributed by atoms with E-state index >= 15 is 0 Å². The number of rotatable bonds is 9. The van der Waals surface area contributed by atoms with Crippen LogP contribution in [0.3, 0.4) is 0 Å². The molecule has 3 aromatic carbocycles. The van der Waals surface area contributed by atoms with E-state index in [0.29, 0.717) is 30.0 Å². The highest BCUT2D eigenvalue weighted by Gasteiger charge is 2.17. The van der Waals surface area contributed by atoms with E-state index in [-0.39, 0.29) is 5.82 Å². The minimum atomic E-state index is -0.440. The lowest BCUT2D eigenvalue weighted by molar-refractivity contribution is 0.0599. The van der Waals surface area contributed by atoms with E-state index in [1.165, 1.54) is 26.4 Å². The van der Waals surface area contributed by atoms with Crippen LogP contribution in [0, 0.1) is 5.82 Å². The monoisotopic (exact) mass is 472 g/mol. The number of para-hydroxylation sites is 1. The van der Waals surface area contributed by atoms with Crippen molar-refractivity contribution in [3.05, 3.63) is 119 Å². The van der Waals surface area contributed by atoms with Gasteiger partial charge in [-0.2, -0.15) is 0 Å². The number of ether oxygens (including phenoxy) is 2. The van der Waals surface area contributed by atoms with E-state index < -0.39 is 5.97 Å². The Morgan fingerprint density at radius 1 is 0.914 bits per heavy atom. The summed E-state index contributed by atoms with van der Waals surface area (Å²) in [6, 6.07) is 23.3. The molecule has 0 amide bonds. The van der Waals surface area contributed by atoms with Crippen molar-refractivity contribution >= 4 is 11.7 Å². The number of hydrogen-bond acceptors (Lipinski definition) is 5. The SMILES string of the molecule is CO/N=C(\Cn1cc(Cc2ccc(F)cc2)c(C(=O)OC)c1)c1cccc(Oc2ccccc2)c1. The molecule has 1 aromatic heterocycles. The number of nitrogens with zero attached hydrogens (tertiary/aromatic N) is 2. The molecule has 0 aliphatic rings. The minimum absolute atomic E-state index is 0.307. The molecule has 0 saturated heterocycles. The average Bonchev–Trinajstić information content (AvgIpc) is 3.27. The van der Waals surface area contributed by atoms with E-state index in [9.17, 15) is 9.18 Å². The first kappa shape index (κ1) is 23.8. The van der Waals surface area contributed by atoms with Gasteiger partial charge in [-0.1, -0.05) is 47.6 Å². The van der Waals surface area contributed by atoms with Gasteiger partial charge in [0, 0.05) is 18.0 Å². The van der Waals surface area contributed by atoms with Gasteiger partial charge < -0.3 is 18.9 Å². The molecule has 0 bridgehead atoms. The topological polar surface area (TPSA) is 62.1 Å². The van der Waals surface area contributed by atoms with Crippen LogP contribution in [0.25, 0.3) is 0 Å². The van der Waals surface area contributed by atoms with Crippen molar-refractivity contribution in [2.24, 2.45) is 5.16 Å². The fourth-order valence-corrected chi connectivity index (χ4v) is 3.72. The van der Waals surface area contributed by atoms with Gasteiger partial charge in [-0.05, 0) is 53.9 Å². The quantitative estimate of drug-likeness (QED) is 0.174. The van der Waals surface area contributed by atoms with Gasteiger partial charge in [0.15, 0.2) is 0 Å². The molecule has 178 valence electrons. The molecular weight excluding hydrogens is 447 g/mol. The van der Waals surface area contributed by atoms with E-state index in [2.05, 4.69) is 5.16 Å². The number of esters is 1. The highest BCUT2D eigenvalue weighted by atomic mass is 19.1. The number of hydrogen-bond donors (Lipinski definition) is 0. The smallest absolute Gasteiger partial charge is 0.339 e. The maximum atomic E-state index is 13.3. The summed E-state index contributed by atoms with van der Waals surface area (Å²) >= 11 is 0. The zero-order valence-corrected chi connectivity index (χ0v) is 19.5. The second-order valence-corrected chi connectivity index (χ2v) is 7.83. The van der Waals surface area contributed by atoms with Crippen LogP contribution < -0.4 is 4.74 Å². The zero-order chi connectivity index (χ0) is 24.6. The Morgan fingerprint density at radius 2 is 1.66 bits per heavy atom. The summed E-state index contributed by atoms with van der Waals surface area (Å²) in [7, 11) is 2.83. The number of oxime groups is 1. The third kappa shape index (κ3) is 6.14. The molecule has 6 nitrogen and oxygen atoms in total. The van der Waals surface area contributed by atoms with Gasteiger partial charge in [0.2, 0.25) is 0 Å². The van der Waals surface area contributed by atoms with Crippen LogP contribution in [-0.2, 0) is 22.5 Å². The first-order valence-electron chi connectivity index (χ1n) is 11.0. The van der Waals surface area contributed by atoms with Crippen LogP contribution in [0.15, 0.2) is 96.4 Å². The maximum absolute atomic E-state index is 13.3. The standard InChI is InChI=1S/C28H25FN2O4/c1-33-28(32)26-18-31(17-22(26)15-20-11-13-23(29)14-12-20)19-27(30-34-2)21-7-6-10-25(16-21)35-24-8-4-3-5-9-24/h3-14,16-18H,15,19H2,1-2H3/b30-27+. The van der Waals surface area contributed by atoms with Crippen LogP contribution in [0.1, 0.15) is 27.0 Å². The third-order valence-electron chi connectivity index (χ3n) is 5.36. The van der Waals surface area contributed by atoms with Crippen molar-refractivity contribution in [1.29, 1.82) is 0 Å². The van der Waals surface area contributed by atoms with E-state index in [1.807, 2.05) is 65.4 Å². The summed E-state index contributed by atoms with van der Waals surface area (Å²) in [6.07, 6.45) is 4.04. The molecule has 35 heavy (non-hydrogen) atoms. The summed E-state index contributed by atoms with van der Waals surface area (Å²) in [5.74, 6) is 0.647. The molecule has 1 heterocycles. The first-order valence-corrected chi connectivity index (χ1v) is 11.0. The summed E-state index contributed by atoms with van der Waals surface area (Å²) in [4.78, 5) is 17.5. The van der Waals surface area contributed by atoms with Gasteiger partial charge in [0.05, 0.1) is 19.2 Å². The summed E-state index contributed by atoms with van der Waals surface area (Å²) in [5.41, 5.74) is 3.54. The van der Waals surface area contributed by atoms with E-state index in [0.717, 1.165) is 22.4 Å². The van der Waals surface area contributed by atoms with Crippen LogP contribution >= 0.6 is 0 Å². The molecule has 0 fully saturated rings. The molecule has 0 aliphatic carbocycles.